The van der Waals surface area contributed by atoms with E-state index in [2.05, 4.69) is 40.2 Å². The second-order valence-corrected chi connectivity index (χ2v) is 6.37. The highest BCUT2D eigenvalue weighted by atomic mass is 18.2. The summed E-state index contributed by atoms with van der Waals surface area (Å²) >= 11 is 0. The van der Waals surface area contributed by atoms with Crippen molar-refractivity contribution in [2.24, 2.45) is 0 Å². The number of alkyl halides is 1. The lowest BCUT2D eigenvalue weighted by Crippen LogP contribution is -2.10. The van der Waals surface area contributed by atoms with Gasteiger partial charge in [0.25, 0.3) is 0 Å². The third-order valence-corrected chi connectivity index (χ3v) is 3.94. The van der Waals surface area contributed by atoms with E-state index < -0.39 is 6.67 Å². The molecule has 0 fully saturated rings. The number of rotatable bonds is 13. The van der Waals surface area contributed by atoms with Gasteiger partial charge in [-0.1, -0.05) is 30.4 Å². The number of pyridine rings is 1. The van der Waals surface area contributed by atoms with Crippen molar-refractivity contribution in [3.63, 3.8) is 0 Å². The van der Waals surface area contributed by atoms with Gasteiger partial charge in [-0.3, -0.25) is 4.98 Å². The summed E-state index contributed by atoms with van der Waals surface area (Å²) in [7, 11) is 4.06. The third-order valence-electron chi connectivity index (χ3n) is 3.94. The van der Waals surface area contributed by atoms with Gasteiger partial charge in [0, 0.05) is 26.0 Å². The molecule has 0 N–H and O–H groups in total. The van der Waals surface area contributed by atoms with E-state index in [4.69, 9.17) is 14.2 Å². The summed E-state index contributed by atoms with van der Waals surface area (Å²) in [5, 5.41) is 0. The summed E-state index contributed by atoms with van der Waals surface area (Å²) in [6.45, 7) is 1.91. The molecule has 0 aliphatic heterocycles. The summed E-state index contributed by atoms with van der Waals surface area (Å²) < 4.78 is 27.7. The Hall–Kier alpha value is -2.28. The third kappa shape index (κ3) is 8.61. The molecule has 0 radical (unpaired) electrons. The van der Waals surface area contributed by atoms with Crippen molar-refractivity contribution in [3.8, 4) is 0 Å². The molecule has 6 heteroatoms. The maximum absolute atomic E-state index is 11.8. The number of anilines is 1. The summed E-state index contributed by atoms with van der Waals surface area (Å²) in [5.74, 6) is 0. The maximum Gasteiger partial charge on any atom is 0.113 e. The highest BCUT2D eigenvalue weighted by Gasteiger charge is 1.97. The molecule has 0 aliphatic carbocycles. The Balaban J connectivity index is 1.66. The zero-order valence-electron chi connectivity index (χ0n) is 16.6. The quantitative estimate of drug-likeness (QED) is 0.489. The molecule has 0 atom stereocenters. The van der Waals surface area contributed by atoms with Gasteiger partial charge in [0.05, 0.1) is 45.3 Å². The number of nitrogens with zero attached hydrogens (tertiary/aromatic N) is 2. The normalized spacial score (nSPS) is 11.2. The van der Waals surface area contributed by atoms with Gasteiger partial charge in [-0.2, -0.15) is 0 Å². The average molecular weight is 387 g/mol. The van der Waals surface area contributed by atoms with Crippen molar-refractivity contribution in [2.45, 2.75) is 6.61 Å². The fraction of sp³-hybridized carbons (Fsp3) is 0.409. The molecule has 5 nitrogen and oxygen atoms in total. The molecule has 1 aromatic heterocycles. The van der Waals surface area contributed by atoms with Crippen LogP contribution in [0.5, 0.6) is 0 Å². The lowest BCUT2D eigenvalue weighted by molar-refractivity contribution is 0.00812. The molecule has 0 saturated heterocycles. The van der Waals surface area contributed by atoms with Crippen LogP contribution in [0, 0.1) is 0 Å². The van der Waals surface area contributed by atoms with E-state index in [9.17, 15) is 4.39 Å². The van der Waals surface area contributed by atoms with Crippen LogP contribution >= 0.6 is 0 Å². The van der Waals surface area contributed by atoms with Crippen LogP contribution in [-0.4, -0.2) is 58.8 Å². The Labute approximate surface area is 166 Å². The van der Waals surface area contributed by atoms with E-state index in [-0.39, 0.29) is 6.61 Å². The van der Waals surface area contributed by atoms with Gasteiger partial charge >= 0.3 is 0 Å². The lowest BCUT2D eigenvalue weighted by Gasteiger charge is -2.11. The second kappa shape index (κ2) is 13.0. The van der Waals surface area contributed by atoms with Gasteiger partial charge in [0.2, 0.25) is 0 Å². The Morgan fingerprint density at radius 3 is 2.04 bits per heavy atom. The van der Waals surface area contributed by atoms with E-state index in [0.29, 0.717) is 33.0 Å². The molecule has 1 heterocycles. The van der Waals surface area contributed by atoms with E-state index in [1.54, 1.807) is 0 Å². The number of ether oxygens (including phenoxy) is 3. The number of hydrogen-bond acceptors (Lipinski definition) is 5. The fourth-order valence-electron chi connectivity index (χ4n) is 2.37. The number of benzene rings is 1. The Morgan fingerprint density at radius 1 is 0.821 bits per heavy atom. The Bertz CT molecular complexity index is 688. The van der Waals surface area contributed by atoms with Gasteiger partial charge in [0.1, 0.15) is 6.67 Å². The van der Waals surface area contributed by atoms with Crippen molar-refractivity contribution in [3.05, 3.63) is 59.4 Å². The molecular formula is C22H29FN2O3. The molecule has 1 aromatic carbocycles. The first-order valence-corrected chi connectivity index (χ1v) is 9.38. The number of halogens is 1. The molecule has 0 unspecified atom stereocenters. The van der Waals surface area contributed by atoms with E-state index in [1.165, 1.54) is 5.69 Å². The highest BCUT2D eigenvalue weighted by molar-refractivity contribution is 5.70. The zero-order chi connectivity index (χ0) is 20.0. The molecule has 28 heavy (non-hydrogen) atoms. The minimum Gasteiger partial charge on any atom is -0.378 e. The number of hydrogen-bond donors (Lipinski definition) is 0. The largest absolute Gasteiger partial charge is 0.378 e. The minimum atomic E-state index is -0.464. The summed E-state index contributed by atoms with van der Waals surface area (Å²) in [5.41, 5.74) is 4.24. The van der Waals surface area contributed by atoms with Crippen LogP contribution in [0.1, 0.15) is 16.8 Å². The smallest absolute Gasteiger partial charge is 0.113 e. The van der Waals surface area contributed by atoms with Gasteiger partial charge < -0.3 is 19.1 Å². The molecule has 0 spiro atoms. The monoisotopic (exact) mass is 387 g/mol. The predicted molar refractivity (Wildman–Crippen MR) is 111 cm³/mol. The van der Waals surface area contributed by atoms with Crippen LogP contribution in [0.2, 0.25) is 0 Å². The second-order valence-electron chi connectivity index (χ2n) is 6.37. The molecule has 0 bridgehead atoms. The van der Waals surface area contributed by atoms with Crippen molar-refractivity contribution in [2.75, 3.05) is 58.7 Å². The Morgan fingerprint density at radius 2 is 1.43 bits per heavy atom. The first kappa shape index (κ1) is 22.0. The first-order chi connectivity index (χ1) is 13.7. The molecule has 2 rings (SSSR count). The van der Waals surface area contributed by atoms with Gasteiger partial charge in [-0.05, 0) is 29.3 Å². The molecule has 0 saturated carbocycles. The van der Waals surface area contributed by atoms with Crippen LogP contribution in [0.15, 0.2) is 42.6 Å². The molecule has 2 aromatic rings. The molecular weight excluding hydrogens is 358 g/mol. The van der Waals surface area contributed by atoms with Gasteiger partial charge in [-0.15, -0.1) is 0 Å². The molecule has 152 valence electrons. The topological polar surface area (TPSA) is 43.8 Å². The van der Waals surface area contributed by atoms with Crippen LogP contribution in [0.3, 0.4) is 0 Å². The summed E-state index contributed by atoms with van der Waals surface area (Å²) in [6, 6.07) is 12.4. The average Bonchev–Trinajstić information content (AvgIpc) is 2.72. The fourth-order valence-corrected chi connectivity index (χ4v) is 2.37. The zero-order valence-corrected chi connectivity index (χ0v) is 16.6. The van der Waals surface area contributed by atoms with Crippen molar-refractivity contribution in [1.82, 2.24) is 4.98 Å². The highest BCUT2D eigenvalue weighted by Crippen LogP contribution is 2.14. The van der Waals surface area contributed by atoms with Crippen LogP contribution < -0.4 is 4.90 Å². The maximum atomic E-state index is 11.8. The molecule has 0 aliphatic rings. The van der Waals surface area contributed by atoms with Gasteiger partial charge in [-0.25, -0.2) is 4.39 Å². The summed E-state index contributed by atoms with van der Waals surface area (Å²) in [6.07, 6.45) is 5.95. The van der Waals surface area contributed by atoms with Crippen LogP contribution in [0.4, 0.5) is 10.1 Å². The van der Waals surface area contributed by atoms with E-state index >= 15 is 0 Å². The lowest BCUT2D eigenvalue weighted by atomic mass is 10.1. The Kier molecular flexibility index (Phi) is 10.2. The minimum absolute atomic E-state index is 0.124. The number of aromatic nitrogens is 1. The van der Waals surface area contributed by atoms with Crippen LogP contribution in [-0.2, 0) is 20.8 Å². The molecule has 0 amide bonds. The van der Waals surface area contributed by atoms with Crippen molar-refractivity contribution in [1.29, 1.82) is 0 Å². The van der Waals surface area contributed by atoms with E-state index in [1.807, 2.05) is 38.5 Å². The SMILES string of the molecule is CN(C)c1ccc(/C=C/c2ccc(COCCOCCOCC[18F])nc2)cc1. The van der Waals surface area contributed by atoms with Gasteiger partial charge in [0.15, 0.2) is 0 Å². The van der Waals surface area contributed by atoms with Crippen LogP contribution in [0.25, 0.3) is 12.2 Å². The van der Waals surface area contributed by atoms with E-state index in [0.717, 1.165) is 16.8 Å². The standard InChI is InChI=1S/C22H29FN2O3/c1-25(2)22-9-6-19(7-10-22)3-4-20-5-8-21(24-17-20)18-28-16-15-27-14-13-26-12-11-23/h3-10,17H,11-16,18H2,1-2H3/b4-3+/i23-1. The first-order valence-electron chi connectivity index (χ1n) is 9.38. The van der Waals surface area contributed by atoms with Crippen molar-refractivity contribution < 1.29 is 18.6 Å². The van der Waals surface area contributed by atoms with Crippen molar-refractivity contribution >= 4 is 17.8 Å². The predicted octanol–water partition coefficient (Wildman–Crippen LogP) is 3.84. The summed E-state index contributed by atoms with van der Waals surface area (Å²) in [4.78, 5) is 6.49.